The van der Waals surface area contributed by atoms with Crippen LogP contribution in [0.5, 0.6) is 5.88 Å². The number of halogens is 1. The minimum Gasteiger partial charge on any atom is -0.481 e. The van der Waals surface area contributed by atoms with Crippen LogP contribution in [0.4, 0.5) is 5.95 Å². The molecule has 0 saturated carbocycles. The molecule has 1 aromatic rings. The highest BCUT2D eigenvalue weighted by atomic mass is 79.9. The summed E-state index contributed by atoms with van der Waals surface area (Å²) in [6, 6.07) is 1.78. The predicted molar refractivity (Wildman–Crippen MR) is 71.9 cm³/mol. The average molecular weight is 300 g/mol. The van der Waals surface area contributed by atoms with E-state index in [1.807, 2.05) is 0 Å². The Labute approximate surface area is 111 Å². The third-order valence-corrected chi connectivity index (χ3v) is 3.60. The zero-order valence-electron chi connectivity index (χ0n) is 10.1. The Hall–Kier alpha value is -0.840. The molecule has 4 nitrogen and oxygen atoms in total. The fraction of sp³-hybridized carbons (Fsp3) is 0.667. The molecule has 1 aliphatic rings. The summed E-state index contributed by atoms with van der Waals surface area (Å²) < 4.78 is 5.13. The van der Waals surface area contributed by atoms with E-state index in [1.165, 1.54) is 19.3 Å². The molecule has 0 radical (unpaired) electrons. The Morgan fingerprint density at radius 2 is 2.47 bits per heavy atom. The fourth-order valence-corrected chi connectivity index (χ4v) is 2.88. The molecule has 1 saturated heterocycles. The number of ether oxygens (including phenoxy) is 1. The lowest BCUT2D eigenvalue weighted by atomic mass is 9.96. The third kappa shape index (κ3) is 3.31. The van der Waals surface area contributed by atoms with Crippen molar-refractivity contribution in [1.29, 1.82) is 0 Å². The van der Waals surface area contributed by atoms with Gasteiger partial charge in [-0.1, -0.05) is 15.9 Å². The van der Waals surface area contributed by atoms with E-state index in [9.17, 15) is 0 Å². The first-order chi connectivity index (χ1) is 8.33. The average Bonchev–Trinajstić information content (AvgIpc) is 2.40. The van der Waals surface area contributed by atoms with Crippen molar-refractivity contribution in [3.8, 4) is 5.88 Å². The van der Waals surface area contributed by atoms with Crippen molar-refractivity contribution in [3.63, 3.8) is 0 Å². The summed E-state index contributed by atoms with van der Waals surface area (Å²) in [5.74, 6) is 2.18. The van der Waals surface area contributed by atoms with Crippen LogP contribution in [0.3, 0.4) is 0 Å². The van der Waals surface area contributed by atoms with Gasteiger partial charge < -0.3 is 9.64 Å². The summed E-state index contributed by atoms with van der Waals surface area (Å²) in [6.07, 6.45) is 5.51. The standard InChI is InChI=1S/C12H18BrN3O/c1-17-11-5-7-14-12(15-11)16-8-2-3-10(9-16)4-6-13/h5,7,10H,2-4,6,8-9H2,1H3. The summed E-state index contributed by atoms with van der Waals surface area (Å²) in [7, 11) is 1.63. The first kappa shape index (κ1) is 12.6. The van der Waals surface area contributed by atoms with Crippen LogP contribution >= 0.6 is 15.9 Å². The van der Waals surface area contributed by atoms with E-state index in [2.05, 4.69) is 30.8 Å². The van der Waals surface area contributed by atoms with Crippen LogP contribution in [-0.4, -0.2) is 35.5 Å². The minimum absolute atomic E-state index is 0.637. The minimum atomic E-state index is 0.637. The molecular weight excluding hydrogens is 282 g/mol. The zero-order valence-corrected chi connectivity index (χ0v) is 11.7. The second-order valence-electron chi connectivity index (χ2n) is 4.33. The normalized spacial score (nSPS) is 20.4. The summed E-state index contributed by atoms with van der Waals surface area (Å²) in [5.41, 5.74) is 0. The maximum absolute atomic E-state index is 5.13. The molecule has 0 bridgehead atoms. The smallest absolute Gasteiger partial charge is 0.228 e. The van der Waals surface area contributed by atoms with Crippen LogP contribution in [0.1, 0.15) is 19.3 Å². The van der Waals surface area contributed by atoms with Crippen LogP contribution in [0.15, 0.2) is 12.3 Å². The topological polar surface area (TPSA) is 38.2 Å². The summed E-state index contributed by atoms with van der Waals surface area (Å²) >= 11 is 3.51. The quantitative estimate of drug-likeness (QED) is 0.801. The molecule has 1 aromatic heterocycles. The molecule has 17 heavy (non-hydrogen) atoms. The maximum atomic E-state index is 5.13. The highest BCUT2D eigenvalue weighted by Crippen LogP contribution is 2.23. The van der Waals surface area contributed by atoms with E-state index in [1.54, 1.807) is 19.4 Å². The lowest BCUT2D eigenvalue weighted by molar-refractivity contribution is 0.387. The molecule has 1 atom stereocenters. The second kappa shape index (κ2) is 6.19. The van der Waals surface area contributed by atoms with E-state index in [0.717, 1.165) is 30.3 Å². The first-order valence-electron chi connectivity index (χ1n) is 6.01. The van der Waals surface area contributed by atoms with Gasteiger partial charge in [0.15, 0.2) is 0 Å². The van der Waals surface area contributed by atoms with E-state index in [-0.39, 0.29) is 0 Å². The van der Waals surface area contributed by atoms with Crippen LogP contribution in [0, 0.1) is 5.92 Å². The lowest BCUT2D eigenvalue weighted by Crippen LogP contribution is -2.36. The molecule has 1 aliphatic heterocycles. The Morgan fingerprint density at radius 1 is 1.59 bits per heavy atom. The van der Waals surface area contributed by atoms with Gasteiger partial charge in [-0.05, 0) is 25.2 Å². The van der Waals surface area contributed by atoms with Crippen molar-refractivity contribution >= 4 is 21.9 Å². The van der Waals surface area contributed by atoms with Crippen molar-refractivity contribution in [1.82, 2.24) is 9.97 Å². The van der Waals surface area contributed by atoms with Crippen molar-refractivity contribution in [3.05, 3.63) is 12.3 Å². The number of rotatable bonds is 4. The molecule has 5 heteroatoms. The SMILES string of the molecule is COc1ccnc(N2CCCC(CCBr)C2)n1. The number of hydrogen-bond acceptors (Lipinski definition) is 4. The third-order valence-electron chi connectivity index (χ3n) is 3.15. The number of aromatic nitrogens is 2. The Balaban J connectivity index is 2.05. The number of anilines is 1. The lowest BCUT2D eigenvalue weighted by Gasteiger charge is -2.32. The Morgan fingerprint density at radius 3 is 3.24 bits per heavy atom. The molecule has 2 heterocycles. The van der Waals surface area contributed by atoms with Gasteiger partial charge in [-0.15, -0.1) is 0 Å². The van der Waals surface area contributed by atoms with E-state index in [0.29, 0.717) is 5.88 Å². The summed E-state index contributed by atoms with van der Waals surface area (Å²) in [5, 5.41) is 1.07. The van der Waals surface area contributed by atoms with Crippen LogP contribution < -0.4 is 9.64 Å². The van der Waals surface area contributed by atoms with Gasteiger partial charge in [0.05, 0.1) is 7.11 Å². The molecule has 0 amide bonds. The molecule has 0 aliphatic carbocycles. The van der Waals surface area contributed by atoms with Gasteiger partial charge in [-0.3, -0.25) is 0 Å². The summed E-state index contributed by atoms with van der Waals surface area (Å²) in [6.45, 7) is 2.10. The van der Waals surface area contributed by atoms with Crippen LogP contribution in [0.25, 0.3) is 0 Å². The summed E-state index contributed by atoms with van der Waals surface area (Å²) in [4.78, 5) is 11.0. The van der Waals surface area contributed by atoms with Crippen molar-refractivity contribution in [2.75, 3.05) is 30.4 Å². The number of piperidine rings is 1. The van der Waals surface area contributed by atoms with Gasteiger partial charge >= 0.3 is 0 Å². The molecule has 94 valence electrons. The number of hydrogen-bond donors (Lipinski definition) is 0. The highest BCUT2D eigenvalue weighted by Gasteiger charge is 2.21. The van der Waals surface area contributed by atoms with E-state index in [4.69, 9.17) is 4.74 Å². The molecule has 2 rings (SSSR count). The van der Waals surface area contributed by atoms with Crippen LogP contribution in [0.2, 0.25) is 0 Å². The van der Waals surface area contributed by atoms with Gasteiger partial charge in [-0.25, -0.2) is 4.98 Å². The molecule has 0 N–H and O–H groups in total. The molecule has 0 aromatic carbocycles. The number of nitrogens with zero attached hydrogens (tertiary/aromatic N) is 3. The maximum Gasteiger partial charge on any atom is 0.228 e. The van der Waals surface area contributed by atoms with Gasteiger partial charge in [0.1, 0.15) is 0 Å². The molecule has 1 unspecified atom stereocenters. The van der Waals surface area contributed by atoms with Crippen LogP contribution in [-0.2, 0) is 0 Å². The van der Waals surface area contributed by atoms with Crippen molar-refractivity contribution in [2.24, 2.45) is 5.92 Å². The number of alkyl halides is 1. The fourth-order valence-electron chi connectivity index (χ4n) is 2.24. The van der Waals surface area contributed by atoms with Crippen molar-refractivity contribution in [2.45, 2.75) is 19.3 Å². The molecule has 1 fully saturated rings. The van der Waals surface area contributed by atoms with E-state index < -0.39 is 0 Å². The second-order valence-corrected chi connectivity index (χ2v) is 5.12. The Kier molecular flexibility index (Phi) is 4.59. The molecule has 0 spiro atoms. The van der Waals surface area contributed by atoms with Crippen molar-refractivity contribution < 1.29 is 4.74 Å². The first-order valence-corrected chi connectivity index (χ1v) is 7.13. The zero-order chi connectivity index (χ0) is 12.1. The van der Waals surface area contributed by atoms with Gasteiger partial charge in [0.25, 0.3) is 0 Å². The molecular formula is C12H18BrN3O. The monoisotopic (exact) mass is 299 g/mol. The van der Waals surface area contributed by atoms with Gasteiger partial charge in [0.2, 0.25) is 11.8 Å². The number of methoxy groups -OCH3 is 1. The van der Waals surface area contributed by atoms with E-state index >= 15 is 0 Å². The Bertz CT molecular complexity index is 359. The van der Waals surface area contributed by atoms with Gasteiger partial charge in [0, 0.05) is 30.7 Å². The predicted octanol–water partition coefficient (Wildman–Crippen LogP) is 2.49. The highest BCUT2D eigenvalue weighted by molar-refractivity contribution is 9.09. The largest absolute Gasteiger partial charge is 0.481 e. The van der Waals surface area contributed by atoms with Gasteiger partial charge in [-0.2, -0.15) is 4.98 Å².